The maximum atomic E-state index is 14.1. The van der Waals surface area contributed by atoms with Gasteiger partial charge in [-0.1, -0.05) is 22.9 Å². The Labute approximate surface area is 133 Å². The maximum absolute atomic E-state index is 14.1. The number of rotatable bonds is 4. The standard InChI is InChI=1S/C14H14Br2FNS/c1-3-18-13(14-11(16)6-8(2)19-14)10-7-9(15)4-5-12(10)17/h4-7,13,18H,3H2,1-2H3. The van der Waals surface area contributed by atoms with Crippen LogP contribution in [0.25, 0.3) is 0 Å². The molecule has 0 saturated heterocycles. The van der Waals surface area contributed by atoms with Gasteiger partial charge in [0.15, 0.2) is 0 Å². The molecule has 0 amide bonds. The van der Waals surface area contributed by atoms with E-state index in [1.807, 2.05) is 13.0 Å². The van der Waals surface area contributed by atoms with Crippen molar-refractivity contribution < 1.29 is 4.39 Å². The number of hydrogen-bond acceptors (Lipinski definition) is 2. The Kier molecular flexibility index (Phi) is 5.17. The van der Waals surface area contributed by atoms with Crippen LogP contribution in [0.4, 0.5) is 4.39 Å². The second-order valence-electron chi connectivity index (χ2n) is 4.23. The number of halogens is 3. The number of aryl methyl sites for hydroxylation is 1. The molecule has 1 nitrogen and oxygen atoms in total. The predicted octanol–water partition coefficient (Wildman–Crippen LogP) is 5.42. The Balaban J connectivity index is 2.51. The molecule has 19 heavy (non-hydrogen) atoms. The van der Waals surface area contributed by atoms with E-state index < -0.39 is 0 Å². The van der Waals surface area contributed by atoms with Crippen molar-refractivity contribution in [3.63, 3.8) is 0 Å². The van der Waals surface area contributed by atoms with Crippen molar-refractivity contribution in [3.05, 3.63) is 54.3 Å². The molecule has 1 heterocycles. The Bertz CT molecular complexity index is 583. The first kappa shape index (κ1) is 15.2. The summed E-state index contributed by atoms with van der Waals surface area (Å²) >= 11 is 8.65. The first-order valence-electron chi connectivity index (χ1n) is 5.97. The van der Waals surface area contributed by atoms with Crippen molar-refractivity contribution >= 4 is 43.2 Å². The lowest BCUT2D eigenvalue weighted by Gasteiger charge is -2.18. The fourth-order valence-electron chi connectivity index (χ4n) is 1.98. The topological polar surface area (TPSA) is 12.0 Å². The fourth-order valence-corrected chi connectivity index (χ4v) is 4.34. The van der Waals surface area contributed by atoms with Crippen LogP contribution in [0.3, 0.4) is 0 Å². The minimum Gasteiger partial charge on any atom is -0.306 e. The molecule has 0 fully saturated rings. The van der Waals surface area contributed by atoms with Gasteiger partial charge >= 0.3 is 0 Å². The van der Waals surface area contributed by atoms with E-state index in [0.717, 1.165) is 20.4 Å². The maximum Gasteiger partial charge on any atom is 0.128 e. The largest absolute Gasteiger partial charge is 0.306 e. The predicted molar refractivity (Wildman–Crippen MR) is 86.4 cm³/mol. The molecule has 0 bridgehead atoms. The van der Waals surface area contributed by atoms with Crippen LogP contribution in [0.5, 0.6) is 0 Å². The van der Waals surface area contributed by atoms with Crippen LogP contribution in [0, 0.1) is 12.7 Å². The average Bonchev–Trinajstić information content (AvgIpc) is 2.69. The molecular weight excluding hydrogens is 393 g/mol. The summed E-state index contributed by atoms with van der Waals surface area (Å²) in [6.07, 6.45) is 0. The molecule has 0 aliphatic rings. The minimum absolute atomic E-state index is 0.129. The second kappa shape index (κ2) is 6.48. The lowest BCUT2D eigenvalue weighted by molar-refractivity contribution is 0.562. The molecule has 2 rings (SSSR count). The average molecular weight is 407 g/mol. The van der Waals surface area contributed by atoms with Crippen molar-refractivity contribution in [1.29, 1.82) is 0 Å². The van der Waals surface area contributed by atoms with Gasteiger partial charge in [0, 0.05) is 24.3 Å². The van der Waals surface area contributed by atoms with Crippen molar-refractivity contribution in [2.24, 2.45) is 0 Å². The van der Waals surface area contributed by atoms with Crippen LogP contribution in [0.1, 0.15) is 28.3 Å². The van der Waals surface area contributed by atoms with Gasteiger partial charge in [0.1, 0.15) is 5.82 Å². The summed E-state index contributed by atoms with van der Waals surface area (Å²) in [7, 11) is 0. The molecule has 1 atom stereocenters. The molecule has 0 radical (unpaired) electrons. The number of nitrogens with one attached hydrogen (secondary N) is 1. The summed E-state index contributed by atoms with van der Waals surface area (Å²) in [4.78, 5) is 2.32. The van der Waals surface area contributed by atoms with Gasteiger partial charge in [-0.15, -0.1) is 11.3 Å². The summed E-state index contributed by atoms with van der Waals surface area (Å²) < 4.78 is 16.0. The van der Waals surface area contributed by atoms with Gasteiger partial charge in [0.05, 0.1) is 6.04 Å². The number of thiophene rings is 1. The van der Waals surface area contributed by atoms with Crippen molar-refractivity contribution in [2.45, 2.75) is 19.9 Å². The van der Waals surface area contributed by atoms with E-state index >= 15 is 0 Å². The quantitative estimate of drug-likeness (QED) is 0.714. The summed E-state index contributed by atoms with van der Waals surface area (Å²) in [5, 5.41) is 3.36. The molecule has 1 aromatic carbocycles. The highest BCUT2D eigenvalue weighted by atomic mass is 79.9. The van der Waals surface area contributed by atoms with Crippen LogP contribution in [0.15, 0.2) is 33.2 Å². The highest BCUT2D eigenvalue weighted by Crippen LogP contribution is 2.37. The fraction of sp³-hybridized carbons (Fsp3) is 0.286. The molecule has 0 spiro atoms. The van der Waals surface area contributed by atoms with Crippen LogP contribution < -0.4 is 5.32 Å². The van der Waals surface area contributed by atoms with Gasteiger partial charge in [-0.05, 0) is 53.7 Å². The van der Waals surface area contributed by atoms with Crippen molar-refractivity contribution in [2.75, 3.05) is 6.54 Å². The number of benzene rings is 1. The van der Waals surface area contributed by atoms with Crippen LogP contribution in [-0.2, 0) is 0 Å². The minimum atomic E-state index is -0.188. The Morgan fingerprint density at radius 2 is 2.05 bits per heavy atom. The zero-order chi connectivity index (χ0) is 14.0. The van der Waals surface area contributed by atoms with E-state index in [2.05, 4.69) is 50.2 Å². The monoisotopic (exact) mass is 405 g/mol. The Morgan fingerprint density at radius 3 is 2.63 bits per heavy atom. The molecular formula is C14H14Br2FNS. The molecule has 0 aliphatic carbocycles. The second-order valence-corrected chi connectivity index (χ2v) is 7.28. The first-order valence-corrected chi connectivity index (χ1v) is 8.37. The van der Waals surface area contributed by atoms with E-state index in [4.69, 9.17) is 0 Å². The summed E-state index contributed by atoms with van der Waals surface area (Å²) in [6.45, 7) is 4.86. The van der Waals surface area contributed by atoms with E-state index in [9.17, 15) is 4.39 Å². The molecule has 0 saturated carbocycles. The third kappa shape index (κ3) is 3.45. The van der Waals surface area contributed by atoms with Gasteiger partial charge < -0.3 is 5.32 Å². The Hall–Kier alpha value is -0.230. The van der Waals surface area contributed by atoms with E-state index in [1.54, 1.807) is 17.4 Å². The SMILES string of the molecule is CCNC(c1cc(Br)ccc1F)c1sc(C)cc1Br. The van der Waals surface area contributed by atoms with E-state index in [-0.39, 0.29) is 11.9 Å². The van der Waals surface area contributed by atoms with Crippen molar-refractivity contribution in [1.82, 2.24) is 5.32 Å². The van der Waals surface area contributed by atoms with E-state index in [1.165, 1.54) is 10.9 Å². The highest BCUT2D eigenvalue weighted by molar-refractivity contribution is 9.10. The molecule has 1 N–H and O–H groups in total. The third-order valence-electron chi connectivity index (χ3n) is 2.78. The Morgan fingerprint density at radius 1 is 1.32 bits per heavy atom. The molecule has 5 heteroatoms. The smallest absolute Gasteiger partial charge is 0.128 e. The molecule has 1 unspecified atom stereocenters. The third-order valence-corrected chi connectivity index (χ3v) is 5.30. The molecule has 102 valence electrons. The molecule has 1 aromatic heterocycles. The number of hydrogen-bond donors (Lipinski definition) is 1. The van der Waals surface area contributed by atoms with Gasteiger partial charge in [-0.3, -0.25) is 0 Å². The zero-order valence-corrected chi connectivity index (χ0v) is 14.6. The lowest BCUT2D eigenvalue weighted by atomic mass is 10.0. The van der Waals surface area contributed by atoms with Crippen LogP contribution in [-0.4, -0.2) is 6.54 Å². The highest BCUT2D eigenvalue weighted by Gasteiger charge is 2.21. The van der Waals surface area contributed by atoms with Gasteiger partial charge in [0.25, 0.3) is 0 Å². The zero-order valence-electron chi connectivity index (χ0n) is 10.6. The van der Waals surface area contributed by atoms with Gasteiger partial charge in [-0.25, -0.2) is 4.39 Å². The summed E-state index contributed by atoms with van der Waals surface area (Å²) in [5.41, 5.74) is 0.666. The van der Waals surface area contributed by atoms with Gasteiger partial charge in [-0.2, -0.15) is 0 Å². The van der Waals surface area contributed by atoms with E-state index in [0.29, 0.717) is 5.56 Å². The van der Waals surface area contributed by atoms with Gasteiger partial charge in [0.2, 0.25) is 0 Å². The van der Waals surface area contributed by atoms with Crippen LogP contribution >= 0.6 is 43.2 Å². The molecule has 2 aromatic rings. The van der Waals surface area contributed by atoms with Crippen LogP contribution in [0.2, 0.25) is 0 Å². The van der Waals surface area contributed by atoms with Crippen molar-refractivity contribution in [3.8, 4) is 0 Å². The normalized spacial score (nSPS) is 12.7. The first-order chi connectivity index (χ1) is 9.02. The lowest BCUT2D eigenvalue weighted by Crippen LogP contribution is -2.22. The summed E-state index contributed by atoms with van der Waals surface area (Å²) in [5.74, 6) is -0.188. The summed E-state index contributed by atoms with van der Waals surface area (Å²) in [6, 6.07) is 6.99. The molecule has 0 aliphatic heterocycles.